The van der Waals surface area contributed by atoms with Gasteiger partial charge in [-0.25, -0.2) is 4.98 Å². The van der Waals surface area contributed by atoms with Crippen molar-refractivity contribution in [2.24, 2.45) is 0 Å². The second kappa shape index (κ2) is 21.2. The first-order chi connectivity index (χ1) is 38.4. The molecule has 0 spiro atoms. The summed E-state index contributed by atoms with van der Waals surface area (Å²) in [6, 6.07) is 74.3. The van der Waals surface area contributed by atoms with Crippen LogP contribution in [0.15, 0.2) is 229 Å². The van der Waals surface area contributed by atoms with Gasteiger partial charge in [-0.15, -0.1) is 0 Å². The van der Waals surface area contributed by atoms with Crippen LogP contribution in [0.2, 0.25) is 40.2 Å². The number of hydrogen-bond donors (Lipinski definition) is 0. The van der Waals surface area contributed by atoms with Crippen molar-refractivity contribution in [2.75, 3.05) is 0 Å². The molecule has 380 valence electrons. The Morgan fingerprint density at radius 2 is 0.481 bits per heavy atom. The van der Waals surface area contributed by atoms with Crippen LogP contribution in [0.3, 0.4) is 0 Å². The van der Waals surface area contributed by atoms with Crippen molar-refractivity contribution in [3.63, 3.8) is 0 Å². The summed E-state index contributed by atoms with van der Waals surface area (Å²) in [6.07, 6.45) is 0. The van der Waals surface area contributed by atoms with Crippen LogP contribution in [-0.2, 0) is 0 Å². The number of nitrogens with zero attached hydrogens (tertiary/aromatic N) is 1. The second-order valence-electron chi connectivity index (χ2n) is 19.1. The number of halogens is 8. The van der Waals surface area contributed by atoms with Gasteiger partial charge >= 0.3 is 0 Å². The Morgan fingerprint density at radius 3 is 0.759 bits per heavy atom. The van der Waals surface area contributed by atoms with Crippen LogP contribution >= 0.6 is 92.8 Å². The minimum absolute atomic E-state index is 0.397. The Kier molecular flexibility index (Phi) is 13.8. The zero-order valence-corrected chi connectivity index (χ0v) is 47.3. The van der Waals surface area contributed by atoms with Gasteiger partial charge in [0.1, 0.15) is 5.52 Å². The number of fused-ring (bicyclic) bond motifs is 3. The van der Waals surface area contributed by atoms with Crippen LogP contribution in [0.25, 0.3) is 133 Å². The molecule has 0 atom stereocenters. The molecule has 0 N–H and O–H groups in total. The molecule has 0 saturated carbocycles. The fraction of sp³-hybridized carbons (Fsp3) is 0. The van der Waals surface area contributed by atoms with Crippen molar-refractivity contribution in [1.82, 2.24) is 4.98 Å². The van der Waals surface area contributed by atoms with Gasteiger partial charge < -0.3 is 4.42 Å². The van der Waals surface area contributed by atoms with E-state index in [9.17, 15) is 0 Å². The summed E-state index contributed by atoms with van der Waals surface area (Å²) >= 11 is 54.5. The lowest BCUT2D eigenvalue weighted by atomic mass is 9.73. The van der Waals surface area contributed by atoms with Crippen LogP contribution in [0.5, 0.6) is 0 Å². The quantitative estimate of drug-likeness (QED) is 0.135. The minimum atomic E-state index is 0.397. The van der Waals surface area contributed by atoms with E-state index in [0.717, 1.165) is 116 Å². The van der Waals surface area contributed by atoms with Crippen molar-refractivity contribution in [1.29, 1.82) is 0 Å². The van der Waals surface area contributed by atoms with E-state index in [1.807, 2.05) is 121 Å². The normalized spacial score (nSPS) is 11.5. The van der Waals surface area contributed by atoms with E-state index in [1.165, 1.54) is 0 Å². The zero-order chi connectivity index (χ0) is 54.1. The maximum absolute atomic E-state index is 7.24. The highest BCUT2D eigenvalue weighted by Crippen LogP contribution is 2.60. The molecular formula is C69H37Cl8NO. The average molecular weight is 1180 g/mol. The van der Waals surface area contributed by atoms with Crippen molar-refractivity contribution < 1.29 is 4.42 Å². The van der Waals surface area contributed by atoms with Crippen molar-refractivity contribution in [3.8, 4) is 100 Å². The zero-order valence-electron chi connectivity index (χ0n) is 41.2. The maximum atomic E-state index is 7.24. The van der Waals surface area contributed by atoms with Gasteiger partial charge in [0.2, 0.25) is 5.89 Å². The third-order valence-corrected chi connectivity index (χ3v) is 16.5. The van der Waals surface area contributed by atoms with Crippen LogP contribution in [0.4, 0.5) is 0 Å². The lowest BCUT2D eigenvalue weighted by molar-refractivity contribution is 0.621. The Morgan fingerprint density at radius 1 is 0.241 bits per heavy atom. The Labute approximate surface area is 495 Å². The molecule has 2 nitrogen and oxygen atoms in total. The molecule has 0 radical (unpaired) electrons. The van der Waals surface area contributed by atoms with Crippen LogP contribution in [0.1, 0.15) is 0 Å². The molecule has 1 heterocycles. The van der Waals surface area contributed by atoms with Gasteiger partial charge in [0.05, 0.1) is 5.56 Å². The number of aromatic nitrogens is 1. The molecule has 0 aliphatic heterocycles. The van der Waals surface area contributed by atoms with E-state index >= 15 is 0 Å². The van der Waals surface area contributed by atoms with Crippen molar-refractivity contribution >= 4 is 125 Å². The van der Waals surface area contributed by atoms with Crippen LogP contribution in [0, 0.1) is 0 Å². The predicted molar refractivity (Wildman–Crippen MR) is 338 cm³/mol. The van der Waals surface area contributed by atoms with Gasteiger partial charge in [-0.2, -0.15) is 0 Å². The largest absolute Gasteiger partial charge is 0.436 e. The molecule has 0 saturated heterocycles. The Bertz CT molecular complexity index is 4200. The van der Waals surface area contributed by atoms with E-state index in [4.69, 9.17) is 102 Å². The third kappa shape index (κ3) is 9.55. The van der Waals surface area contributed by atoms with Crippen LogP contribution in [-0.4, -0.2) is 4.98 Å². The SMILES string of the molecule is Clc1ccc(-c2c(-c3ccc(Cl)cc3)c(-c3ccc(Cl)cc3)c3c(-c4nc5ccccc5o4)c4c(-c5ccc(Cl)cc5)c(-c5ccc(Cl)cc5)c(-c5ccc(Cl)cc5)c(-c5ccc(Cl)cc5)c4cc3c2-c2ccc(Cl)cc2)cc1. The Balaban J connectivity index is 1.43. The van der Waals surface area contributed by atoms with E-state index < -0.39 is 0 Å². The van der Waals surface area contributed by atoms with Gasteiger partial charge in [-0.05, 0) is 215 Å². The highest BCUT2D eigenvalue weighted by atomic mass is 35.5. The number of benzene rings is 12. The molecule has 0 unspecified atom stereocenters. The summed E-state index contributed by atoms with van der Waals surface area (Å²) in [5, 5.41) is 8.22. The molecule has 12 aromatic carbocycles. The van der Waals surface area contributed by atoms with E-state index in [1.54, 1.807) is 0 Å². The van der Waals surface area contributed by atoms with Crippen molar-refractivity contribution in [3.05, 3.63) is 265 Å². The molecule has 0 aliphatic carbocycles. The molecule has 79 heavy (non-hydrogen) atoms. The molecule has 0 fully saturated rings. The summed E-state index contributed by atoms with van der Waals surface area (Å²) in [4.78, 5) is 5.51. The average Bonchev–Trinajstić information content (AvgIpc) is 3.96. The smallest absolute Gasteiger partial charge is 0.228 e. The highest BCUT2D eigenvalue weighted by molar-refractivity contribution is 6.36. The lowest BCUT2D eigenvalue weighted by Crippen LogP contribution is -2.03. The monoisotopic (exact) mass is 1180 g/mol. The standard InChI is InChI=1S/C69H37Cl8NO/c70-46-21-5-38(6-22-46)58-54-37-55-59(39-7-23-47(71)24-8-39)61(41-11-27-49(73)28-12-41)63(43-15-31-51(75)32-16-43)65(45-19-35-53(77)36-20-45)67(55)68(69-78-56-3-1-2-4-57(56)79-69)66(54)64(44-17-33-52(76)34-18-44)62(42-13-29-50(74)30-14-42)60(58)40-9-25-48(72)26-10-40/h1-37H. The number of oxazole rings is 1. The summed E-state index contributed by atoms with van der Waals surface area (Å²) in [5.74, 6) is 0.397. The molecule has 0 aliphatic rings. The number of hydrogen-bond acceptors (Lipinski definition) is 2. The van der Waals surface area contributed by atoms with Gasteiger partial charge in [0.25, 0.3) is 0 Å². The highest BCUT2D eigenvalue weighted by Gasteiger charge is 2.33. The summed E-state index contributed by atoms with van der Waals surface area (Å²) in [5.41, 5.74) is 16.6. The molecule has 0 bridgehead atoms. The molecule has 13 aromatic rings. The maximum Gasteiger partial charge on any atom is 0.228 e. The lowest BCUT2D eigenvalue weighted by Gasteiger charge is -2.29. The molecule has 0 amide bonds. The number of para-hydroxylation sites is 2. The van der Waals surface area contributed by atoms with Crippen LogP contribution < -0.4 is 0 Å². The third-order valence-electron chi connectivity index (χ3n) is 14.4. The number of rotatable bonds is 9. The first kappa shape index (κ1) is 51.4. The molecule has 10 heteroatoms. The van der Waals surface area contributed by atoms with Gasteiger partial charge in [0.15, 0.2) is 5.58 Å². The van der Waals surface area contributed by atoms with Gasteiger partial charge in [0, 0.05) is 51.0 Å². The first-order valence-corrected chi connectivity index (χ1v) is 28.1. The second-order valence-corrected chi connectivity index (χ2v) is 22.6. The molecule has 1 aromatic heterocycles. The fourth-order valence-electron chi connectivity index (χ4n) is 11.1. The van der Waals surface area contributed by atoms with Gasteiger partial charge in [-0.3, -0.25) is 0 Å². The summed E-state index contributed by atoms with van der Waals surface area (Å²) in [7, 11) is 0. The topological polar surface area (TPSA) is 26.0 Å². The summed E-state index contributed by atoms with van der Waals surface area (Å²) in [6.45, 7) is 0. The van der Waals surface area contributed by atoms with Gasteiger partial charge in [-0.1, -0.05) is 202 Å². The summed E-state index contributed by atoms with van der Waals surface area (Å²) < 4.78 is 7.24. The molecular weight excluding hydrogens is 1140 g/mol. The van der Waals surface area contributed by atoms with E-state index in [-0.39, 0.29) is 0 Å². The molecule has 13 rings (SSSR count). The Hall–Kier alpha value is -7.05. The van der Waals surface area contributed by atoms with E-state index in [2.05, 4.69) is 103 Å². The predicted octanol–water partition coefficient (Wildman–Crippen LogP) is 24.4. The first-order valence-electron chi connectivity index (χ1n) is 25.1. The van der Waals surface area contributed by atoms with E-state index in [0.29, 0.717) is 57.2 Å². The van der Waals surface area contributed by atoms with Crippen molar-refractivity contribution in [2.45, 2.75) is 0 Å². The fourth-order valence-corrected chi connectivity index (χ4v) is 12.1. The minimum Gasteiger partial charge on any atom is -0.436 e.